The molecule has 1 aliphatic rings. The van der Waals surface area contributed by atoms with Crippen LogP contribution < -0.4 is 10.9 Å². The van der Waals surface area contributed by atoms with Gasteiger partial charge in [0.25, 0.3) is 5.56 Å². The number of nitrogens with one attached hydrogen (secondary N) is 2. The zero-order chi connectivity index (χ0) is 18.4. The molecule has 6 nitrogen and oxygen atoms in total. The molecule has 0 unspecified atom stereocenters. The molecule has 6 heteroatoms. The summed E-state index contributed by atoms with van der Waals surface area (Å²) in [5.41, 5.74) is 1.74. The van der Waals surface area contributed by atoms with Crippen LogP contribution >= 0.6 is 0 Å². The second-order valence-electron chi connectivity index (χ2n) is 7.01. The van der Waals surface area contributed by atoms with E-state index in [0.717, 1.165) is 32.5 Å². The van der Waals surface area contributed by atoms with Crippen LogP contribution in [0, 0.1) is 12.8 Å². The number of H-pyrrole nitrogens is 1. The van der Waals surface area contributed by atoms with Crippen molar-refractivity contribution in [3.63, 3.8) is 0 Å². The fourth-order valence-electron chi connectivity index (χ4n) is 3.45. The zero-order valence-electron chi connectivity index (χ0n) is 15.2. The van der Waals surface area contributed by atoms with Gasteiger partial charge in [-0.25, -0.2) is 4.98 Å². The third-order valence-corrected chi connectivity index (χ3v) is 4.81. The Hall–Kier alpha value is -2.47. The molecule has 138 valence electrons. The lowest BCUT2D eigenvalue weighted by atomic mass is 9.93. The molecule has 1 saturated heterocycles. The summed E-state index contributed by atoms with van der Waals surface area (Å²) in [4.78, 5) is 32.9. The molecule has 2 N–H and O–H groups in total. The SMILES string of the molecule is Cc1nc(CNC(=O)CC2CCN(Cc3ccccc3)CC2)cc(=O)[nH]1. The van der Waals surface area contributed by atoms with Crippen LogP contribution in [0.25, 0.3) is 0 Å². The number of rotatable bonds is 6. The molecule has 0 atom stereocenters. The Labute approximate surface area is 153 Å². The molecule has 0 saturated carbocycles. The van der Waals surface area contributed by atoms with Gasteiger partial charge in [0.2, 0.25) is 5.91 Å². The lowest BCUT2D eigenvalue weighted by Gasteiger charge is -2.31. The molecular weight excluding hydrogens is 328 g/mol. The summed E-state index contributed by atoms with van der Waals surface area (Å²) in [7, 11) is 0. The monoisotopic (exact) mass is 354 g/mol. The van der Waals surface area contributed by atoms with Crippen LogP contribution in [0.3, 0.4) is 0 Å². The average molecular weight is 354 g/mol. The Bertz CT molecular complexity index is 780. The van der Waals surface area contributed by atoms with Crippen molar-refractivity contribution in [2.24, 2.45) is 5.92 Å². The molecule has 2 aromatic rings. The Morgan fingerprint density at radius 1 is 1.27 bits per heavy atom. The highest BCUT2D eigenvalue weighted by atomic mass is 16.1. The number of amides is 1. The highest BCUT2D eigenvalue weighted by Crippen LogP contribution is 2.21. The maximum atomic E-state index is 12.2. The van der Waals surface area contributed by atoms with Gasteiger partial charge in [-0.3, -0.25) is 14.5 Å². The van der Waals surface area contributed by atoms with Crippen molar-refractivity contribution in [2.45, 2.75) is 39.3 Å². The van der Waals surface area contributed by atoms with Crippen LogP contribution in [0.5, 0.6) is 0 Å². The highest BCUT2D eigenvalue weighted by molar-refractivity contribution is 5.76. The smallest absolute Gasteiger partial charge is 0.251 e. The van der Waals surface area contributed by atoms with Crippen LogP contribution in [-0.2, 0) is 17.9 Å². The number of piperidine rings is 1. The number of carbonyl (C=O) groups is 1. The molecule has 2 heterocycles. The first-order valence-corrected chi connectivity index (χ1v) is 9.18. The molecule has 1 amide bonds. The van der Waals surface area contributed by atoms with E-state index in [2.05, 4.69) is 44.5 Å². The van der Waals surface area contributed by atoms with E-state index < -0.39 is 0 Å². The van der Waals surface area contributed by atoms with E-state index in [4.69, 9.17) is 0 Å². The maximum absolute atomic E-state index is 12.2. The molecule has 1 aromatic heterocycles. The molecule has 1 aliphatic heterocycles. The number of nitrogens with zero attached hydrogens (tertiary/aromatic N) is 2. The minimum atomic E-state index is -0.187. The number of hydrogen-bond acceptors (Lipinski definition) is 4. The number of aromatic amines is 1. The summed E-state index contributed by atoms with van der Waals surface area (Å²) >= 11 is 0. The standard InChI is InChI=1S/C20H26N4O2/c1-15-22-18(12-20(26)23-15)13-21-19(25)11-16-7-9-24(10-8-16)14-17-5-3-2-4-6-17/h2-6,12,16H,7-11,13-14H2,1H3,(H,21,25)(H,22,23,26). The van der Waals surface area contributed by atoms with Crippen LogP contribution in [0.15, 0.2) is 41.2 Å². The predicted octanol–water partition coefficient (Wildman–Crippen LogP) is 2.00. The van der Waals surface area contributed by atoms with Crippen LogP contribution in [0.4, 0.5) is 0 Å². The number of benzene rings is 1. The quantitative estimate of drug-likeness (QED) is 0.832. The Morgan fingerprint density at radius 2 is 2.00 bits per heavy atom. The van der Waals surface area contributed by atoms with Gasteiger partial charge in [0.1, 0.15) is 5.82 Å². The third-order valence-electron chi connectivity index (χ3n) is 4.81. The van der Waals surface area contributed by atoms with Gasteiger partial charge in [-0.15, -0.1) is 0 Å². The normalized spacial score (nSPS) is 15.7. The fraction of sp³-hybridized carbons (Fsp3) is 0.450. The fourth-order valence-corrected chi connectivity index (χ4v) is 3.45. The highest BCUT2D eigenvalue weighted by Gasteiger charge is 2.21. The second kappa shape index (κ2) is 8.76. The van der Waals surface area contributed by atoms with E-state index in [0.29, 0.717) is 30.4 Å². The summed E-state index contributed by atoms with van der Waals surface area (Å²) in [5.74, 6) is 1.02. The van der Waals surface area contributed by atoms with E-state index >= 15 is 0 Å². The lowest BCUT2D eigenvalue weighted by molar-refractivity contribution is -0.122. The van der Waals surface area contributed by atoms with Gasteiger partial charge in [-0.2, -0.15) is 0 Å². The van der Waals surface area contributed by atoms with Gasteiger partial charge in [0.15, 0.2) is 0 Å². The largest absolute Gasteiger partial charge is 0.350 e. The summed E-state index contributed by atoms with van der Waals surface area (Å²) < 4.78 is 0. The van der Waals surface area contributed by atoms with Gasteiger partial charge in [-0.05, 0) is 44.3 Å². The van der Waals surface area contributed by atoms with E-state index in [1.165, 1.54) is 11.6 Å². The Kier molecular flexibility index (Phi) is 6.17. The first kappa shape index (κ1) is 18.3. The minimum absolute atomic E-state index is 0.0336. The molecule has 0 aliphatic carbocycles. The van der Waals surface area contributed by atoms with Crippen molar-refractivity contribution in [1.82, 2.24) is 20.2 Å². The van der Waals surface area contributed by atoms with Crippen molar-refractivity contribution < 1.29 is 4.79 Å². The number of aryl methyl sites for hydroxylation is 1. The summed E-state index contributed by atoms with van der Waals surface area (Å²) in [5, 5.41) is 2.88. The van der Waals surface area contributed by atoms with Crippen LogP contribution in [-0.4, -0.2) is 33.9 Å². The molecule has 0 spiro atoms. The molecule has 3 rings (SSSR count). The molecule has 0 bridgehead atoms. The van der Waals surface area contributed by atoms with Gasteiger partial charge < -0.3 is 10.3 Å². The molecular formula is C20H26N4O2. The van der Waals surface area contributed by atoms with Gasteiger partial charge in [0.05, 0.1) is 12.2 Å². The second-order valence-corrected chi connectivity index (χ2v) is 7.01. The summed E-state index contributed by atoms with van der Waals surface area (Å²) in [6, 6.07) is 11.9. The number of hydrogen-bond donors (Lipinski definition) is 2. The Balaban J connectivity index is 1.40. The van der Waals surface area contributed by atoms with E-state index in [-0.39, 0.29) is 11.5 Å². The maximum Gasteiger partial charge on any atom is 0.251 e. The van der Waals surface area contributed by atoms with Crippen molar-refractivity contribution in [3.05, 3.63) is 63.8 Å². The number of aromatic nitrogens is 2. The summed E-state index contributed by atoms with van der Waals surface area (Å²) in [6.45, 7) is 5.07. The van der Waals surface area contributed by atoms with Crippen molar-refractivity contribution in [1.29, 1.82) is 0 Å². The zero-order valence-corrected chi connectivity index (χ0v) is 15.2. The van der Waals surface area contributed by atoms with Crippen molar-refractivity contribution in [3.8, 4) is 0 Å². The average Bonchev–Trinajstić information content (AvgIpc) is 2.62. The van der Waals surface area contributed by atoms with Gasteiger partial charge >= 0.3 is 0 Å². The van der Waals surface area contributed by atoms with Crippen molar-refractivity contribution >= 4 is 5.91 Å². The number of carbonyl (C=O) groups excluding carboxylic acids is 1. The summed E-state index contributed by atoms with van der Waals surface area (Å²) in [6.07, 6.45) is 2.63. The lowest BCUT2D eigenvalue weighted by Crippen LogP contribution is -2.35. The Morgan fingerprint density at radius 3 is 2.69 bits per heavy atom. The molecule has 26 heavy (non-hydrogen) atoms. The molecule has 0 radical (unpaired) electrons. The molecule has 1 aromatic carbocycles. The number of likely N-dealkylation sites (tertiary alicyclic amines) is 1. The first-order chi connectivity index (χ1) is 12.6. The predicted molar refractivity (Wildman–Crippen MR) is 101 cm³/mol. The van der Waals surface area contributed by atoms with Gasteiger partial charge in [-0.1, -0.05) is 30.3 Å². The molecule has 1 fully saturated rings. The van der Waals surface area contributed by atoms with Crippen LogP contribution in [0.2, 0.25) is 0 Å². The van der Waals surface area contributed by atoms with Crippen molar-refractivity contribution in [2.75, 3.05) is 13.1 Å². The van der Waals surface area contributed by atoms with E-state index in [9.17, 15) is 9.59 Å². The van der Waals surface area contributed by atoms with E-state index in [1.807, 2.05) is 6.07 Å². The van der Waals surface area contributed by atoms with E-state index in [1.54, 1.807) is 6.92 Å². The minimum Gasteiger partial charge on any atom is -0.350 e. The van der Waals surface area contributed by atoms with Crippen LogP contribution in [0.1, 0.15) is 36.3 Å². The first-order valence-electron chi connectivity index (χ1n) is 9.18. The third kappa shape index (κ3) is 5.52. The topological polar surface area (TPSA) is 78.1 Å². The van der Waals surface area contributed by atoms with Gasteiger partial charge in [0, 0.05) is 19.0 Å².